The number of halogens is 1. The molecule has 0 aromatic carbocycles. The normalized spacial score (nSPS) is 10.3. The van der Waals surface area contributed by atoms with Gasteiger partial charge < -0.3 is 15.1 Å². The highest BCUT2D eigenvalue weighted by Gasteiger charge is 2.18. The first kappa shape index (κ1) is 12.6. The first-order chi connectivity index (χ1) is 7.20. The van der Waals surface area contributed by atoms with Gasteiger partial charge in [-0.05, 0) is 27.4 Å². The van der Waals surface area contributed by atoms with Gasteiger partial charge in [0.25, 0.3) is 5.91 Å². The maximum Gasteiger partial charge on any atom is 0.265 e. The molecule has 0 atom stereocenters. The van der Waals surface area contributed by atoms with Gasteiger partial charge in [-0.15, -0.1) is 11.3 Å². The predicted octanol–water partition coefficient (Wildman–Crippen LogP) is 0.937. The monoisotopic (exact) mass is 293 g/mol. The van der Waals surface area contributed by atoms with Crippen LogP contribution in [0.15, 0.2) is 15.9 Å². The molecule has 15 heavy (non-hydrogen) atoms. The zero-order valence-electron chi connectivity index (χ0n) is 8.02. The van der Waals surface area contributed by atoms with Crippen LogP contribution in [0.4, 0.5) is 0 Å². The number of aliphatic hydroxyl groups is 2. The van der Waals surface area contributed by atoms with E-state index >= 15 is 0 Å². The minimum atomic E-state index is -0.167. The molecule has 0 spiro atoms. The van der Waals surface area contributed by atoms with Crippen molar-refractivity contribution in [2.45, 2.75) is 0 Å². The Morgan fingerprint density at radius 1 is 1.40 bits per heavy atom. The van der Waals surface area contributed by atoms with Gasteiger partial charge in [-0.2, -0.15) is 0 Å². The summed E-state index contributed by atoms with van der Waals surface area (Å²) in [7, 11) is 0. The number of amides is 1. The van der Waals surface area contributed by atoms with E-state index in [1.54, 1.807) is 6.07 Å². The van der Waals surface area contributed by atoms with Crippen molar-refractivity contribution in [3.05, 3.63) is 20.8 Å². The fourth-order valence-electron chi connectivity index (χ4n) is 1.15. The van der Waals surface area contributed by atoms with Crippen molar-refractivity contribution in [3.63, 3.8) is 0 Å². The van der Waals surface area contributed by atoms with E-state index in [1.165, 1.54) is 16.2 Å². The highest BCUT2D eigenvalue weighted by molar-refractivity contribution is 9.10. The van der Waals surface area contributed by atoms with Gasteiger partial charge in [0, 0.05) is 17.6 Å². The maximum absolute atomic E-state index is 11.9. The molecule has 0 fully saturated rings. The zero-order chi connectivity index (χ0) is 11.3. The van der Waals surface area contributed by atoms with Crippen LogP contribution in [0.3, 0.4) is 0 Å². The lowest BCUT2D eigenvalue weighted by Crippen LogP contribution is -2.35. The summed E-state index contributed by atoms with van der Waals surface area (Å²) in [6.45, 7) is 0.275. The number of hydrogen-bond acceptors (Lipinski definition) is 4. The molecular weight excluding hydrogens is 282 g/mol. The molecule has 0 aliphatic carbocycles. The molecule has 1 heterocycles. The van der Waals surface area contributed by atoms with E-state index in [9.17, 15) is 4.79 Å². The molecule has 0 aliphatic heterocycles. The first-order valence-corrected chi connectivity index (χ1v) is 6.12. The molecule has 0 bridgehead atoms. The number of carbonyl (C=O) groups is 1. The van der Waals surface area contributed by atoms with E-state index in [-0.39, 0.29) is 32.2 Å². The number of carbonyl (C=O) groups excluding carboxylic acids is 1. The summed E-state index contributed by atoms with van der Waals surface area (Å²) < 4.78 is 0.748. The third-order valence-electron chi connectivity index (χ3n) is 1.84. The topological polar surface area (TPSA) is 60.8 Å². The van der Waals surface area contributed by atoms with Gasteiger partial charge in [-0.3, -0.25) is 4.79 Å². The second-order valence-corrected chi connectivity index (χ2v) is 4.61. The summed E-state index contributed by atoms with van der Waals surface area (Å²) >= 11 is 4.61. The molecule has 0 aliphatic rings. The zero-order valence-corrected chi connectivity index (χ0v) is 10.4. The summed E-state index contributed by atoms with van der Waals surface area (Å²) in [5, 5.41) is 19.4. The minimum Gasteiger partial charge on any atom is -0.395 e. The Morgan fingerprint density at radius 2 is 2.00 bits per heavy atom. The highest BCUT2D eigenvalue weighted by atomic mass is 79.9. The van der Waals surface area contributed by atoms with E-state index in [0.717, 1.165) is 4.47 Å². The van der Waals surface area contributed by atoms with Crippen molar-refractivity contribution in [2.75, 3.05) is 26.3 Å². The van der Waals surface area contributed by atoms with E-state index in [2.05, 4.69) is 15.9 Å². The van der Waals surface area contributed by atoms with Gasteiger partial charge in [0.05, 0.1) is 13.2 Å². The third-order valence-corrected chi connectivity index (χ3v) is 3.66. The Morgan fingerprint density at radius 3 is 2.40 bits per heavy atom. The second kappa shape index (κ2) is 6.22. The van der Waals surface area contributed by atoms with Crippen molar-refractivity contribution < 1.29 is 15.0 Å². The standard InChI is InChI=1S/C9H12BrNO3S/c10-7-1-6-15-8(7)9(14)11(2-4-12)3-5-13/h1,6,12-13H,2-5H2. The molecule has 0 unspecified atom stereocenters. The quantitative estimate of drug-likeness (QED) is 0.849. The fourth-order valence-corrected chi connectivity index (χ4v) is 2.65. The van der Waals surface area contributed by atoms with Crippen LogP contribution in [-0.2, 0) is 0 Å². The number of aliphatic hydroxyl groups excluding tert-OH is 2. The molecule has 1 rings (SSSR count). The van der Waals surface area contributed by atoms with Crippen molar-refractivity contribution in [2.24, 2.45) is 0 Å². The van der Waals surface area contributed by atoms with Crippen LogP contribution in [0.5, 0.6) is 0 Å². The highest BCUT2D eigenvalue weighted by Crippen LogP contribution is 2.23. The lowest BCUT2D eigenvalue weighted by molar-refractivity contribution is 0.0689. The van der Waals surface area contributed by atoms with Crippen LogP contribution >= 0.6 is 27.3 Å². The summed E-state index contributed by atoms with van der Waals surface area (Å²) in [5.41, 5.74) is 0. The van der Waals surface area contributed by atoms with Crippen LogP contribution in [-0.4, -0.2) is 47.3 Å². The smallest absolute Gasteiger partial charge is 0.265 e. The van der Waals surface area contributed by atoms with Gasteiger partial charge in [0.2, 0.25) is 0 Å². The molecule has 4 nitrogen and oxygen atoms in total. The summed E-state index contributed by atoms with van der Waals surface area (Å²) in [6, 6.07) is 1.80. The van der Waals surface area contributed by atoms with Gasteiger partial charge in [-0.25, -0.2) is 0 Å². The maximum atomic E-state index is 11.9. The average molecular weight is 294 g/mol. The molecular formula is C9H12BrNO3S. The van der Waals surface area contributed by atoms with Gasteiger partial charge >= 0.3 is 0 Å². The number of nitrogens with zero attached hydrogens (tertiary/aromatic N) is 1. The van der Waals surface area contributed by atoms with Crippen LogP contribution in [0.25, 0.3) is 0 Å². The lowest BCUT2D eigenvalue weighted by Gasteiger charge is -2.19. The SMILES string of the molecule is O=C(c1sccc1Br)N(CCO)CCO. The Labute approximate surface area is 100 Å². The van der Waals surface area contributed by atoms with Crippen molar-refractivity contribution in [1.29, 1.82) is 0 Å². The molecule has 0 saturated carbocycles. The average Bonchev–Trinajstić information content (AvgIpc) is 2.63. The van der Waals surface area contributed by atoms with Gasteiger partial charge in [-0.1, -0.05) is 0 Å². The van der Waals surface area contributed by atoms with E-state index in [1.807, 2.05) is 5.38 Å². The molecule has 6 heteroatoms. The van der Waals surface area contributed by atoms with Crippen LogP contribution in [0.2, 0.25) is 0 Å². The Kier molecular flexibility index (Phi) is 5.24. The lowest BCUT2D eigenvalue weighted by atomic mass is 10.4. The van der Waals surface area contributed by atoms with E-state index in [0.29, 0.717) is 4.88 Å². The number of hydrogen-bond donors (Lipinski definition) is 2. The first-order valence-electron chi connectivity index (χ1n) is 4.44. The van der Waals surface area contributed by atoms with Crippen LogP contribution in [0, 0.1) is 0 Å². The van der Waals surface area contributed by atoms with Crippen molar-refractivity contribution >= 4 is 33.2 Å². The second-order valence-electron chi connectivity index (χ2n) is 2.84. The fraction of sp³-hybridized carbons (Fsp3) is 0.444. The molecule has 1 amide bonds. The summed E-state index contributed by atoms with van der Waals surface area (Å²) in [5.74, 6) is -0.167. The van der Waals surface area contributed by atoms with Gasteiger partial charge in [0.15, 0.2) is 0 Å². The molecule has 1 aromatic heterocycles. The van der Waals surface area contributed by atoms with Crippen molar-refractivity contribution in [3.8, 4) is 0 Å². The Balaban J connectivity index is 2.76. The molecule has 84 valence electrons. The largest absolute Gasteiger partial charge is 0.395 e. The molecule has 1 aromatic rings. The Hall–Kier alpha value is -0.430. The predicted molar refractivity (Wildman–Crippen MR) is 62.1 cm³/mol. The number of thiophene rings is 1. The third kappa shape index (κ3) is 3.27. The minimum absolute atomic E-state index is 0.102. The molecule has 2 N–H and O–H groups in total. The Bertz CT molecular complexity index is 323. The van der Waals surface area contributed by atoms with Crippen LogP contribution in [0.1, 0.15) is 9.67 Å². The van der Waals surface area contributed by atoms with Crippen molar-refractivity contribution in [1.82, 2.24) is 4.90 Å². The van der Waals surface area contributed by atoms with Crippen LogP contribution < -0.4 is 0 Å². The van der Waals surface area contributed by atoms with Gasteiger partial charge in [0.1, 0.15) is 4.88 Å². The van der Waals surface area contributed by atoms with E-state index < -0.39 is 0 Å². The summed E-state index contributed by atoms with van der Waals surface area (Å²) in [6.07, 6.45) is 0. The molecule has 0 radical (unpaired) electrons. The summed E-state index contributed by atoms with van der Waals surface area (Å²) in [4.78, 5) is 13.9. The number of rotatable bonds is 5. The molecule has 0 saturated heterocycles. The van der Waals surface area contributed by atoms with E-state index in [4.69, 9.17) is 10.2 Å².